The van der Waals surface area contributed by atoms with Gasteiger partial charge in [0.2, 0.25) is 0 Å². The Bertz CT molecular complexity index is 393. The summed E-state index contributed by atoms with van der Waals surface area (Å²) in [4.78, 5) is 14.9. The number of nitrogens with zero attached hydrogens (tertiary/aromatic N) is 1. The Morgan fingerprint density at radius 1 is 1.16 bits per heavy atom. The fraction of sp³-hybridized carbons (Fsp3) is 0.588. The summed E-state index contributed by atoms with van der Waals surface area (Å²) < 4.78 is 0. The van der Waals surface area contributed by atoms with Gasteiger partial charge in [0, 0.05) is 23.6 Å². The van der Waals surface area contributed by atoms with E-state index in [-0.39, 0.29) is 11.2 Å². The third kappa shape index (κ3) is 4.17. The average Bonchev–Trinajstić information content (AvgIpc) is 2.39. The van der Waals surface area contributed by atoms with Crippen LogP contribution in [-0.2, 0) is 0 Å². The number of hydrogen-bond donors (Lipinski definition) is 0. The lowest BCUT2D eigenvalue weighted by Crippen LogP contribution is -2.42. The molecule has 2 heteroatoms. The zero-order chi connectivity index (χ0) is 14.5. The van der Waals surface area contributed by atoms with Crippen molar-refractivity contribution in [1.82, 2.24) is 4.90 Å². The molecule has 0 aliphatic heterocycles. The molecular weight excluding hydrogens is 234 g/mol. The molecule has 0 spiro atoms. The number of Topliss-reactive ketones (excluding diaryl/α,β-unsaturated/α-hetero) is 1. The number of hydrogen-bond acceptors (Lipinski definition) is 2. The Labute approximate surface area is 117 Å². The summed E-state index contributed by atoms with van der Waals surface area (Å²) in [7, 11) is 2.12. The van der Waals surface area contributed by atoms with Crippen molar-refractivity contribution in [3.05, 3.63) is 35.9 Å². The number of carbonyl (C=O) groups is 1. The molecule has 0 amide bonds. The molecule has 0 heterocycles. The quantitative estimate of drug-likeness (QED) is 0.691. The summed E-state index contributed by atoms with van der Waals surface area (Å²) in [6.45, 7) is 9.29. The molecule has 0 bridgehead atoms. The van der Waals surface area contributed by atoms with Crippen molar-refractivity contribution in [3.8, 4) is 0 Å². The van der Waals surface area contributed by atoms with Gasteiger partial charge in [0.15, 0.2) is 5.78 Å². The van der Waals surface area contributed by atoms with Crippen LogP contribution in [-0.4, -0.2) is 30.3 Å². The van der Waals surface area contributed by atoms with Crippen molar-refractivity contribution in [2.75, 3.05) is 13.6 Å². The van der Waals surface area contributed by atoms with E-state index in [0.717, 1.165) is 24.9 Å². The van der Waals surface area contributed by atoms with E-state index in [0.29, 0.717) is 6.04 Å². The van der Waals surface area contributed by atoms with Gasteiger partial charge < -0.3 is 4.90 Å². The molecule has 0 saturated carbocycles. The van der Waals surface area contributed by atoms with Crippen molar-refractivity contribution in [3.63, 3.8) is 0 Å². The SMILES string of the molecule is CCC(CC)N(C)CC(C)(C)C(=O)c1ccccc1. The van der Waals surface area contributed by atoms with Gasteiger partial charge in [0.25, 0.3) is 0 Å². The topological polar surface area (TPSA) is 20.3 Å². The molecule has 1 aromatic rings. The molecule has 106 valence electrons. The van der Waals surface area contributed by atoms with Crippen LogP contribution in [0.2, 0.25) is 0 Å². The second-order valence-electron chi connectivity index (χ2n) is 5.96. The molecule has 0 aromatic heterocycles. The summed E-state index contributed by atoms with van der Waals surface area (Å²) in [5, 5.41) is 0. The van der Waals surface area contributed by atoms with Gasteiger partial charge in [-0.15, -0.1) is 0 Å². The van der Waals surface area contributed by atoms with Crippen LogP contribution in [0.4, 0.5) is 0 Å². The molecule has 1 rings (SSSR count). The third-order valence-corrected chi connectivity index (χ3v) is 3.86. The largest absolute Gasteiger partial charge is 0.302 e. The van der Waals surface area contributed by atoms with Crippen molar-refractivity contribution >= 4 is 5.78 Å². The van der Waals surface area contributed by atoms with Crippen LogP contribution in [0.15, 0.2) is 30.3 Å². The lowest BCUT2D eigenvalue weighted by molar-refractivity contribution is 0.0744. The zero-order valence-electron chi connectivity index (χ0n) is 12.9. The molecule has 0 atom stereocenters. The van der Waals surface area contributed by atoms with Crippen LogP contribution in [0.3, 0.4) is 0 Å². The van der Waals surface area contributed by atoms with E-state index in [2.05, 4.69) is 25.8 Å². The summed E-state index contributed by atoms with van der Waals surface area (Å²) in [6.07, 6.45) is 2.26. The maximum absolute atomic E-state index is 12.6. The van der Waals surface area contributed by atoms with Gasteiger partial charge in [-0.05, 0) is 19.9 Å². The molecule has 0 radical (unpaired) electrons. The summed E-state index contributed by atoms with van der Waals surface area (Å²) in [5.41, 5.74) is 0.462. The van der Waals surface area contributed by atoms with E-state index in [1.807, 2.05) is 44.2 Å². The molecular formula is C17H27NO. The van der Waals surface area contributed by atoms with E-state index in [1.165, 1.54) is 0 Å². The maximum Gasteiger partial charge on any atom is 0.169 e. The first-order valence-corrected chi connectivity index (χ1v) is 7.22. The van der Waals surface area contributed by atoms with Crippen molar-refractivity contribution in [1.29, 1.82) is 0 Å². The summed E-state index contributed by atoms with van der Waals surface area (Å²) in [5.74, 6) is 0.228. The number of ketones is 1. The Morgan fingerprint density at radius 3 is 2.16 bits per heavy atom. The van der Waals surface area contributed by atoms with Crippen LogP contribution in [0, 0.1) is 5.41 Å². The van der Waals surface area contributed by atoms with Gasteiger partial charge in [-0.1, -0.05) is 58.0 Å². The van der Waals surface area contributed by atoms with E-state index in [4.69, 9.17) is 0 Å². The predicted octanol–water partition coefficient (Wildman–Crippen LogP) is 4.02. The van der Waals surface area contributed by atoms with Crippen LogP contribution in [0.5, 0.6) is 0 Å². The molecule has 19 heavy (non-hydrogen) atoms. The number of carbonyl (C=O) groups excluding carboxylic acids is 1. The van der Waals surface area contributed by atoms with Gasteiger partial charge in [0.05, 0.1) is 0 Å². The number of rotatable bonds is 7. The van der Waals surface area contributed by atoms with E-state index in [9.17, 15) is 4.79 Å². The summed E-state index contributed by atoms with van der Waals surface area (Å²) in [6, 6.07) is 10.2. The molecule has 1 aromatic carbocycles. The minimum atomic E-state index is -0.349. The highest BCUT2D eigenvalue weighted by molar-refractivity contribution is 6.00. The minimum Gasteiger partial charge on any atom is -0.302 e. The lowest BCUT2D eigenvalue weighted by Gasteiger charge is -2.33. The van der Waals surface area contributed by atoms with E-state index in [1.54, 1.807) is 0 Å². The average molecular weight is 261 g/mol. The molecule has 0 saturated heterocycles. The first kappa shape index (κ1) is 15.9. The molecule has 0 aliphatic carbocycles. The van der Waals surface area contributed by atoms with Gasteiger partial charge in [0.1, 0.15) is 0 Å². The van der Waals surface area contributed by atoms with E-state index >= 15 is 0 Å². The second-order valence-corrected chi connectivity index (χ2v) is 5.96. The van der Waals surface area contributed by atoms with Gasteiger partial charge in [-0.3, -0.25) is 4.79 Å². The van der Waals surface area contributed by atoms with Crippen molar-refractivity contribution < 1.29 is 4.79 Å². The van der Waals surface area contributed by atoms with Crippen LogP contribution >= 0.6 is 0 Å². The Morgan fingerprint density at radius 2 is 1.68 bits per heavy atom. The molecule has 2 nitrogen and oxygen atoms in total. The highest BCUT2D eigenvalue weighted by Crippen LogP contribution is 2.24. The highest BCUT2D eigenvalue weighted by atomic mass is 16.1. The van der Waals surface area contributed by atoms with E-state index < -0.39 is 0 Å². The van der Waals surface area contributed by atoms with Gasteiger partial charge in [-0.25, -0.2) is 0 Å². The molecule has 0 unspecified atom stereocenters. The van der Waals surface area contributed by atoms with Crippen molar-refractivity contribution in [2.24, 2.45) is 5.41 Å². The van der Waals surface area contributed by atoms with Crippen LogP contribution in [0.1, 0.15) is 50.9 Å². The Kier molecular flexibility index (Phi) is 5.74. The van der Waals surface area contributed by atoms with Crippen LogP contribution in [0.25, 0.3) is 0 Å². The first-order valence-electron chi connectivity index (χ1n) is 7.22. The van der Waals surface area contributed by atoms with Gasteiger partial charge in [-0.2, -0.15) is 0 Å². The molecule has 0 N–H and O–H groups in total. The standard InChI is InChI=1S/C17H27NO/c1-6-15(7-2)18(5)13-17(3,4)16(19)14-11-9-8-10-12-14/h8-12,15H,6-7,13H2,1-5H3. The third-order valence-electron chi connectivity index (χ3n) is 3.86. The second kappa shape index (κ2) is 6.85. The maximum atomic E-state index is 12.6. The van der Waals surface area contributed by atoms with Crippen LogP contribution < -0.4 is 0 Å². The number of benzene rings is 1. The fourth-order valence-electron chi connectivity index (χ4n) is 2.72. The summed E-state index contributed by atoms with van der Waals surface area (Å²) >= 11 is 0. The smallest absolute Gasteiger partial charge is 0.169 e. The predicted molar refractivity (Wildman–Crippen MR) is 81.6 cm³/mol. The highest BCUT2D eigenvalue weighted by Gasteiger charge is 2.31. The Balaban J connectivity index is 2.78. The minimum absolute atomic E-state index is 0.228. The zero-order valence-corrected chi connectivity index (χ0v) is 12.9. The monoisotopic (exact) mass is 261 g/mol. The molecule has 0 fully saturated rings. The lowest BCUT2D eigenvalue weighted by atomic mass is 9.83. The first-order chi connectivity index (χ1) is 8.92. The normalized spacial score (nSPS) is 12.2. The fourth-order valence-corrected chi connectivity index (χ4v) is 2.72. The van der Waals surface area contributed by atoms with Gasteiger partial charge >= 0.3 is 0 Å². The molecule has 0 aliphatic rings. The Hall–Kier alpha value is -1.15. The van der Waals surface area contributed by atoms with Crippen molar-refractivity contribution in [2.45, 2.75) is 46.6 Å².